The quantitative estimate of drug-likeness (QED) is 0.869. The summed E-state index contributed by atoms with van der Waals surface area (Å²) in [5.74, 6) is -0.0420. The summed E-state index contributed by atoms with van der Waals surface area (Å²) in [5, 5.41) is 3.58. The van der Waals surface area contributed by atoms with E-state index >= 15 is 0 Å². The number of amides is 1. The van der Waals surface area contributed by atoms with Crippen LogP contribution in [-0.2, 0) is 9.53 Å². The van der Waals surface area contributed by atoms with Crippen molar-refractivity contribution in [1.29, 1.82) is 0 Å². The third-order valence-electron chi connectivity index (χ3n) is 4.28. The van der Waals surface area contributed by atoms with Crippen molar-refractivity contribution in [3.8, 4) is 0 Å². The molecule has 1 fully saturated rings. The molecule has 122 valence electrons. The summed E-state index contributed by atoms with van der Waals surface area (Å²) in [7, 11) is 1.72. The van der Waals surface area contributed by atoms with E-state index in [1.54, 1.807) is 7.11 Å². The minimum Gasteiger partial charge on any atom is -0.381 e. The van der Waals surface area contributed by atoms with Gasteiger partial charge in [-0.2, -0.15) is 0 Å². The highest BCUT2D eigenvalue weighted by Gasteiger charge is 2.28. The molecule has 0 radical (unpaired) electrons. The Labute approximate surface area is 136 Å². The topological polar surface area (TPSA) is 67.6 Å². The Bertz CT molecular complexity index is 524. The summed E-state index contributed by atoms with van der Waals surface area (Å²) in [6.07, 6.45) is 2.04. The molecule has 1 aromatic rings. The molecule has 0 aromatic heterocycles. The van der Waals surface area contributed by atoms with Gasteiger partial charge in [-0.25, -0.2) is 0 Å². The Morgan fingerprint density at radius 3 is 3.00 bits per heavy atom. The molecule has 22 heavy (non-hydrogen) atoms. The summed E-state index contributed by atoms with van der Waals surface area (Å²) < 4.78 is 5.40. The number of nitrogens with two attached hydrogens (primary N) is 1. The second-order valence-electron chi connectivity index (χ2n) is 5.70. The second kappa shape index (κ2) is 7.92. The maximum absolute atomic E-state index is 12.3. The van der Waals surface area contributed by atoms with Crippen LogP contribution in [0.1, 0.15) is 18.4 Å². The van der Waals surface area contributed by atoms with E-state index in [-0.39, 0.29) is 18.1 Å². The Balaban J connectivity index is 1.95. The summed E-state index contributed by atoms with van der Waals surface area (Å²) in [5.41, 5.74) is 7.47. The number of benzene rings is 1. The molecule has 1 aliphatic heterocycles. The number of hydrogen-bond acceptors (Lipinski definition) is 4. The molecule has 1 aromatic carbocycles. The van der Waals surface area contributed by atoms with Crippen LogP contribution in [0.4, 0.5) is 5.69 Å². The number of halogens is 1. The van der Waals surface area contributed by atoms with Gasteiger partial charge < -0.3 is 15.8 Å². The van der Waals surface area contributed by atoms with Gasteiger partial charge in [0, 0.05) is 37.0 Å². The van der Waals surface area contributed by atoms with E-state index in [9.17, 15) is 4.79 Å². The SMILES string of the molecule is COC1CCN(CC(=O)Nc2cccc(Cl)c2C)C(CN)C1. The van der Waals surface area contributed by atoms with Crippen LogP contribution >= 0.6 is 11.6 Å². The Hall–Kier alpha value is -1.14. The highest BCUT2D eigenvalue weighted by molar-refractivity contribution is 6.31. The molecule has 1 saturated heterocycles. The lowest BCUT2D eigenvalue weighted by molar-refractivity contribution is -0.118. The first-order chi connectivity index (χ1) is 10.5. The molecule has 0 bridgehead atoms. The van der Waals surface area contributed by atoms with Crippen LogP contribution in [0.2, 0.25) is 5.02 Å². The average Bonchev–Trinajstić information content (AvgIpc) is 2.52. The monoisotopic (exact) mass is 325 g/mol. The van der Waals surface area contributed by atoms with Crippen molar-refractivity contribution in [3.05, 3.63) is 28.8 Å². The summed E-state index contributed by atoms with van der Waals surface area (Å²) in [6.45, 7) is 3.58. The molecule has 2 atom stereocenters. The van der Waals surface area contributed by atoms with Crippen LogP contribution in [0.25, 0.3) is 0 Å². The molecule has 5 nitrogen and oxygen atoms in total. The van der Waals surface area contributed by atoms with Crippen LogP contribution < -0.4 is 11.1 Å². The number of methoxy groups -OCH3 is 1. The van der Waals surface area contributed by atoms with Crippen molar-refractivity contribution < 1.29 is 9.53 Å². The van der Waals surface area contributed by atoms with Crippen LogP contribution in [-0.4, -0.2) is 49.7 Å². The van der Waals surface area contributed by atoms with Crippen LogP contribution in [0, 0.1) is 6.92 Å². The molecule has 2 rings (SSSR count). The second-order valence-corrected chi connectivity index (χ2v) is 6.11. The van der Waals surface area contributed by atoms with E-state index in [2.05, 4.69) is 10.2 Å². The van der Waals surface area contributed by atoms with Gasteiger partial charge in [0.2, 0.25) is 5.91 Å². The largest absolute Gasteiger partial charge is 0.381 e. The molecule has 1 heterocycles. The molecular weight excluding hydrogens is 302 g/mol. The Morgan fingerprint density at radius 1 is 1.55 bits per heavy atom. The first-order valence-corrected chi connectivity index (χ1v) is 7.94. The van der Waals surface area contributed by atoms with E-state index in [0.717, 1.165) is 30.6 Å². The summed E-state index contributed by atoms with van der Waals surface area (Å²) in [4.78, 5) is 14.4. The maximum Gasteiger partial charge on any atom is 0.238 e. The number of rotatable bonds is 5. The van der Waals surface area contributed by atoms with E-state index in [1.807, 2.05) is 25.1 Å². The van der Waals surface area contributed by atoms with Crippen LogP contribution in [0.5, 0.6) is 0 Å². The van der Waals surface area contributed by atoms with Gasteiger partial charge in [-0.05, 0) is 37.5 Å². The molecule has 0 aliphatic carbocycles. The number of carbonyl (C=O) groups is 1. The fourth-order valence-corrected chi connectivity index (χ4v) is 3.02. The van der Waals surface area contributed by atoms with E-state index in [1.165, 1.54) is 0 Å². The van der Waals surface area contributed by atoms with Crippen molar-refractivity contribution in [3.63, 3.8) is 0 Å². The number of nitrogens with one attached hydrogen (secondary N) is 1. The van der Waals surface area contributed by atoms with Crippen molar-refractivity contribution in [2.45, 2.75) is 31.9 Å². The molecule has 1 aliphatic rings. The smallest absolute Gasteiger partial charge is 0.238 e. The van der Waals surface area contributed by atoms with Gasteiger partial charge >= 0.3 is 0 Å². The predicted octanol–water partition coefficient (Wildman–Crippen LogP) is 2.03. The van der Waals surface area contributed by atoms with Crippen LogP contribution in [0.15, 0.2) is 18.2 Å². The number of piperidine rings is 1. The molecular formula is C16H24ClN3O2. The zero-order chi connectivity index (χ0) is 16.1. The molecule has 1 amide bonds. The number of carbonyl (C=O) groups excluding carboxylic acids is 1. The summed E-state index contributed by atoms with van der Waals surface area (Å²) >= 11 is 6.07. The molecule has 0 spiro atoms. The predicted molar refractivity (Wildman–Crippen MR) is 89.3 cm³/mol. The minimum absolute atomic E-state index is 0.0420. The zero-order valence-corrected chi connectivity index (χ0v) is 13.9. The number of nitrogens with zero attached hydrogens (tertiary/aromatic N) is 1. The summed E-state index contributed by atoms with van der Waals surface area (Å²) in [6, 6.07) is 5.69. The van der Waals surface area contributed by atoms with Gasteiger partial charge in [0.15, 0.2) is 0 Å². The van der Waals surface area contributed by atoms with E-state index < -0.39 is 0 Å². The number of hydrogen-bond donors (Lipinski definition) is 2. The normalized spacial score (nSPS) is 22.5. The number of ether oxygens (including phenoxy) is 1. The third kappa shape index (κ3) is 4.20. The highest BCUT2D eigenvalue weighted by Crippen LogP contribution is 2.23. The van der Waals surface area contributed by atoms with Gasteiger partial charge in [0.05, 0.1) is 12.6 Å². The van der Waals surface area contributed by atoms with Crippen molar-refractivity contribution in [2.75, 3.05) is 32.1 Å². The fourth-order valence-electron chi connectivity index (χ4n) is 2.85. The van der Waals surface area contributed by atoms with Gasteiger partial charge in [-0.15, -0.1) is 0 Å². The Kier molecular flexibility index (Phi) is 6.20. The fraction of sp³-hybridized carbons (Fsp3) is 0.562. The van der Waals surface area contributed by atoms with Gasteiger partial charge in [-0.3, -0.25) is 9.69 Å². The van der Waals surface area contributed by atoms with Gasteiger partial charge in [0.25, 0.3) is 0 Å². The average molecular weight is 326 g/mol. The molecule has 6 heteroatoms. The Morgan fingerprint density at radius 2 is 2.32 bits per heavy atom. The maximum atomic E-state index is 12.3. The van der Waals surface area contributed by atoms with E-state index in [4.69, 9.17) is 22.1 Å². The molecule has 0 saturated carbocycles. The third-order valence-corrected chi connectivity index (χ3v) is 4.69. The molecule has 2 unspecified atom stereocenters. The van der Waals surface area contributed by atoms with Crippen molar-refractivity contribution >= 4 is 23.2 Å². The van der Waals surface area contributed by atoms with Crippen molar-refractivity contribution in [2.24, 2.45) is 5.73 Å². The number of likely N-dealkylation sites (tertiary alicyclic amines) is 1. The number of anilines is 1. The highest BCUT2D eigenvalue weighted by atomic mass is 35.5. The zero-order valence-electron chi connectivity index (χ0n) is 13.1. The lowest BCUT2D eigenvalue weighted by atomic mass is 9.99. The first kappa shape index (κ1) is 17.2. The minimum atomic E-state index is -0.0420. The standard InChI is InChI=1S/C16H24ClN3O2/c1-11-14(17)4-3-5-15(11)19-16(21)10-20-7-6-13(22-2)8-12(20)9-18/h3-5,12-13H,6-10,18H2,1-2H3,(H,19,21). The lowest BCUT2D eigenvalue weighted by Gasteiger charge is -2.37. The van der Waals surface area contributed by atoms with Gasteiger partial charge in [-0.1, -0.05) is 17.7 Å². The van der Waals surface area contributed by atoms with Crippen LogP contribution in [0.3, 0.4) is 0 Å². The van der Waals surface area contributed by atoms with Crippen molar-refractivity contribution in [1.82, 2.24) is 4.90 Å². The van der Waals surface area contributed by atoms with Gasteiger partial charge in [0.1, 0.15) is 0 Å². The molecule has 3 N–H and O–H groups in total. The first-order valence-electron chi connectivity index (χ1n) is 7.57. The van der Waals surface area contributed by atoms with E-state index in [0.29, 0.717) is 18.1 Å². The lowest BCUT2D eigenvalue weighted by Crippen LogP contribution is -2.51.